The zero-order valence-corrected chi connectivity index (χ0v) is 17.8. The van der Waals surface area contributed by atoms with E-state index in [0.717, 1.165) is 40.4 Å². The molecule has 0 radical (unpaired) electrons. The van der Waals surface area contributed by atoms with Crippen LogP contribution < -0.4 is 15.4 Å². The number of Topliss-reactive ketones (excluding diaryl/α,β-unsaturated/α-hetero) is 1. The van der Waals surface area contributed by atoms with Crippen LogP contribution in [0.4, 0.5) is 11.4 Å². The highest BCUT2D eigenvalue weighted by Gasteiger charge is 2.36. The van der Waals surface area contributed by atoms with Crippen LogP contribution in [0.1, 0.15) is 41.5 Å². The van der Waals surface area contributed by atoms with Crippen LogP contribution in [0.2, 0.25) is 0 Å². The van der Waals surface area contributed by atoms with Gasteiger partial charge in [0.25, 0.3) is 0 Å². The number of anilines is 2. The zero-order valence-electron chi connectivity index (χ0n) is 17.8. The van der Waals surface area contributed by atoms with Gasteiger partial charge in [0.2, 0.25) is 0 Å². The maximum atomic E-state index is 13.5. The summed E-state index contributed by atoms with van der Waals surface area (Å²) in [5.74, 6) is 1.17. The molecule has 2 N–H and O–H groups in total. The third kappa shape index (κ3) is 3.70. The SMILES string of the molecule is COc1ccc([C@H]2CC(=O)C3=C(C2)Nc2ccccc2N[C@H]3c2cccc(C)c2)cc1. The second-order valence-electron chi connectivity index (χ2n) is 8.36. The summed E-state index contributed by atoms with van der Waals surface area (Å²) in [4.78, 5) is 13.5. The maximum absolute atomic E-state index is 13.5. The number of carbonyl (C=O) groups excluding carboxylic acids is 1. The van der Waals surface area contributed by atoms with Crippen molar-refractivity contribution in [2.75, 3.05) is 17.7 Å². The fourth-order valence-corrected chi connectivity index (χ4v) is 4.70. The summed E-state index contributed by atoms with van der Waals surface area (Å²) in [5, 5.41) is 7.24. The Bertz CT molecular complexity index is 1160. The van der Waals surface area contributed by atoms with E-state index in [4.69, 9.17) is 4.74 Å². The Morgan fingerprint density at radius 1 is 0.871 bits per heavy atom. The number of carbonyl (C=O) groups is 1. The van der Waals surface area contributed by atoms with Gasteiger partial charge in [-0.2, -0.15) is 0 Å². The van der Waals surface area contributed by atoms with Crippen LogP contribution in [0, 0.1) is 6.92 Å². The third-order valence-corrected chi connectivity index (χ3v) is 6.27. The Kier molecular flexibility index (Phi) is 4.99. The number of para-hydroxylation sites is 2. The van der Waals surface area contributed by atoms with Crippen molar-refractivity contribution in [2.24, 2.45) is 0 Å². The Morgan fingerprint density at radius 3 is 2.39 bits per heavy atom. The Hall–Kier alpha value is -3.53. The third-order valence-electron chi connectivity index (χ3n) is 6.27. The van der Waals surface area contributed by atoms with Crippen molar-refractivity contribution in [1.82, 2.24) is 0 Å². The average Bonchev–Trinajstić information content (AvgIpc) is 2.96. The summed E-state index contributed by atoms with van der Waals surface area (Å²) in [5.41, 5.74) is 7.35. The molecule has 5 rings (SSSR count). The van der Waals surface area contributed by atoms with Gasteiger partial charge in [-0.15, -0.1) is 0 Å². The summed E-state index contributed by atoms with van der Waals surface area (Å²) in [6.45, 7) is 2.09. The molecule has 0 aromatic heterocycles. The highest BCUT2D eigenvalue weighted by molar-refractivity contribution is 6.01. The largest absolute Gasteiger partial charge is 0.497 e. The molecule has 1 aliphatic carbocycles. The van der Waals surface area contributed by atoms with Gasteiger partial charge in [-0.25, -0.2) is 0 Å². The highest BCUT2D eigenvalue weighted by Crippen LogP contribution is 2.44. The number of fused-ring (bicyclic) bond motifs is 1. The highest BCUT2D eigenvalue weighted by atomic mass is 16.5. The van der Waals surface area contributed by atoms with E-state index in [9.17, 15) is 4.79 Å². The number of methoxy groups -OCH3 is 1. The van der Waals surface area contributed by atoms with Crippen molar-refractivity contribution < 1.29 is 9.53 Å². The molecule has 3 aromatic rings. The molecule has 4 heteroatoms. The zero-order chi connectivity index (χ0) is 21.4. The van der Waals surface area contributed by atoms with Crippen LogP contribution in [0.15, 0.2) is 84.1 Å². The number of nitrogens with one attached hydrogen (secondary N) is 2. The topological polar surface area (TPSA) is 50.4 Å². The van der Waals surface area contributed by atoms with E-state index in [-0.39, 0.29) is 17.7 Å². The standard InChI is InChI=1S/C27H26N2O2/c1-17-6-5-7-19(14-17)27-26-24(28-22-8-3-4-9-23(22)29-27)15-20(16-25(26)30)18-10-12-21(31-2)13-11-18/h3-14,20,27-29H,15-16H2,1-2H3/t20-,27+/m1/s1. The molecule has 1 heterocycles. The Morgan fingerprint density at radius 2 is 1.65 bits per heavy atom. The molecule has 3 aromatic carbocycles. The van der Waals surface area contributed by atoms with Gasteiger partial charge in [-0.05, 0) is 54.7 Å². The first-order valence-electron chi connectivity index (χ1n) is 10.7. The first-order valence-corrected chi connectivity index (χ1v) is 10.7. The monoisotopic (exact) mass is 410 g/mol. The maximum Gasteiger partial charge on any atom is 0.163 e. The first kappa shape index (κ1) is 19.4. The second-order valence-corrected chi connectivity index (χ2v) is 8.36. The van der Waals surface area contributed by atoms with E-state index in [1.165, 1.54) is 11.1 Å². The molecular formula is C27H26N2O2. The van der Waals surface area contributed by atoms with Crippen LogP contribution in [0.25, 0.3) is 0 Å². The lowest BCUT2D eigenvalue weighted by Gasteiger charge is -2.30. The van der Waals surface area contributed by atoms with Gasteiger partial charge in [0.05, 0.1) is 24.5 Å². The second kappa shape index (κ2) is 7.95. The van der Waals surface area contributed by atoms with Gasteiger partial charge in [0.15, 0.2) is 5.78 Å². The van der Waals surface area contributed by atoms with Gasteiger partial charge in [-0.1, -0.05) is 54.1 Å². The lowest BCUT2D eigenvalue weighted by molar-refractivity contribution is -0.116. The van der Waals surface area contributed by atoms with Gasteiger partial charge in [0, 0.05) is 17.7 Å². The molecule has 0 saturated heterocycles. The summed E-state index contributed by atoms with van der Waals surface area (Å²) in [6.07, 6.45) is 1.30. The van der Waals surface area contributed by atoms with Crippen molar-refractivity contribution >= 4 is 17.2 Å². The molecular weight excluding hydrogens is 384 g/mol. The summed E-state index contributed by atoms with van der Waals surface area (Å²) in [6, 6.07) is 24.5. The number of ketones is 1. The van der Waals surface area contributed by atoms with Crippen LogP contribution in [-0.2, 0) is 4.79 Å². The van der Waals surface area contributed by atoms with Crippen LogP contribution >= 0.6 is 0 Å². The number of hydrogen-bond donors (Lipinski definition) is 2. The molecule has 31 heavy (non-hydrogen) atoms. The Labute approximate surface area is 183 Å². The molecule has 0 saturated carbocycles. The van der Waals surface area contributed by atoms with Crippen molar-refractivity contribution in [3.63, 3.8) is 0 Å². The van der Waals surface area contributed by atoms with Crippen molar-refractivity contribution in [2.45, 2.75) is 31.7 Å². The average molecular weight is 411 g/mol. The molecule has 1 aliphatic heterocycles. The molecule has 0 unspecified atom stereocenters. The van der Waals surface area contributed by atoms with Crippen molar-refractivity contribution in [1.29, 1.82) is 0 Å². The quantitative estimate of drug-likeness (QED) is 0.557. The minimum absolute atomic E-state index is 0.146. The first-order chi connectivity index (χ1) is 15.1. The molecule has 0 amide bonds. The van der Waals surface area contributed by atoms with E-state index in [1.54, 1.807) is 7.11 Å². The number of rotatable bonds is 3. The van der Waals surface area contributed by atoms with Gasteiger partial charge in [-0.3, -0.25) is 4.79 Å². The van der Waals surface area contributed by atoms with Crippen LogP contribution in [0.5, 0.6) is 5.75 Å². The van der Waals surface area contributed by atoms with Crippen molar-refractivity contribution in [3.05, 3.63) is 101 Å². The van der Waals surface area contributed by atoms with Gasteiger partial charge >= 0.3 is 0 Å². The normalized spacial score (nSPS) is 20.1. The van der Waals surface area contributed by atoms with E-state index < -0.39 is 0 Å². The summed E-state index contributed by atoms with van der Waals surface area (Å²) < 4.78 is 5.29. The van der Waals surface area contributed by atoms with Crippen LogP contribution in [0.3, 0.4) is 0 Å². The minimum Gasteiger partial charge on any atom is -0.497 e. The number of allylic oxidation sites excluding steroid dienone is 1. The smallest absolute Gasteiger partial charge is 0.163 e. The van der Waals surface area contributed by atoms with E-state index >= 15 is 0 Å². The predicted octanol–water partition coefficient (Wildman–Crippen LogP) is 5.98. The van der Waals surface area contributed by atoms with Crippen molar-refractivity contribution in [3.8, 4) is 5.75 Å². The summed E-state index contributed by atoms with van der Waals surface area (Å²) in [7, 11) is 1.67. The molecule has 2 aliphatic rings. The molecule has 0 spiro atoms. The van der Waals surface area contributed by atoms with Gasteiger partial charge in [0.1, 0.15) is 5.75 Å². The fraction of sp³-hybridized carbons (Fsp3) is 0.222. The number of ether oxygens (including phenoxy) is 1. The number of hydrogen-bond acceptors (Lipinski definition) is 4. The molecule has 2 atom stereocenters. The fourth-order valence-electron chi connectivity index (χ4n) is 4.70. The van der Waals surface area contributed by atoms with Gasteiger partial charge < -0.3 is 15.4 Å². The molecule has 156 valence electrons. The molecule has 0 bridgehead atoms. The Balaban J connectivity index is 1.58. The number of aryl methyl sites for hydroxylation is 1. The van der Waals surface area contributed by atoms with E-state index in [0.29, 0.717) is 6.42 Å². The molecule has 4 nitrogen and oxygen atoms in total. The number of benzene rings is 3. The predicted molar refractivity (Wildman–Crippen MR) is 125 cm³/mol. The van der Waals surface area contributed by atoms with Crippen LogP contribution in [-0.4, -0.2) is 12.9 Å². The minimum atomic E-state index is -0.171. The van der Waals surface area contributed by atoms with E-state index in [1.807, 2.05) is 24.3 Å². The lowest BCUT2D eigenvalue weighted by Crippen LogP contribution is -2.26. The molecule has 0 fully saturated rings. The lowest BCUT2D eigenvalue weighted by atomic mass is 9.78. The van der Waals surface area contributed by atoms with E-state index in [2.05, 4.69) is 66.1 Å². The summed E-state index contributed by atoms with van der Waals surface area (Å²) >= 11 is 0.